The fourth-order valence-corrected chi connectivity index (χ4v) is 3.04. The molecular formula is C16H21NO2. The topological polar surface area (TPSA) is 44.5 Å². The molecule has 1 atom stereocenters. The molecule has 0 saturated carbocycles. The number of nitrogens with two attached hydrogens (primary N) is 1. The smallest absolute Gasteiger partial charge is 0.161 e. The Morgan fingerprint density at radius 2 is 1.89 bits per heavy atom. The fraction of sp³-hybridized carbons (Fsp3) is 0.500. The van der Waals surface area contributed by atoms with Crippen molar-refractivity contribution in [3.05, 3.63) is 29.8 Å². The van der Waals surface area contributed by atoms with Crippen molar-refractivity contribution in [1.82, 2.24) is 0 Å². The number of hydrogen-bond donors (Lipinski definition) is 1. The first-order valence-corrected chi connectivity index (χ1v) is 6.90. The van der Waals surface area contributed by atoms with Crippen LogP contribution in [0.4, 0.5) is 0 Å². The summed E-state index contributed by atoms with van der Waals surface area (Å²) in [5.74, 6) is 1.69. The Bertz CT molecular complexity index is 519. The molecule has 0 bridgehead atoms. The Kier molecular flexibility index (Phi) is 3.02. The van der Waals surface area contributed by atoms with E-state index in [1.807, 2.05) is 6.07 Å². The van der Waals surface area contributed by atoms with E-state index in [1.54, 1.807) is 0 Å². The predicted octanol–water partition coefficient (Wildman–Crippen LogP) is 2.99. The summed E-state index contributed by atoms with van der Waals surface area (Å²) >= 11 is 0. The monoisotopic (exact) mass is 259 g/mol. The van der Waals surface area contributed by atoms with Gasteiger partial charge in [-0.3, -0.25) is 0 Å². The summed E-state index contributed by atoms with van der Waals surface area (Å²) in [6.07, 6.45) is 4.29. The molecule has 0 spiro atoms. The average Bonchev–Trinajstić information content (AvgIpc) is 2.36. The molecule has 2 N–H and O–H groups in total. The maximum atomic E-state index is 6.14. The lowest BCUT2D eigenvalue weighted by atomic mass is 9.74. The van der Waals surface area contributed by atoms with Crippen LogP contribution >= 0.6 is 0 Å². The maximum Gasteiger partial charge on any atom is 0.161 e. The summed E-state index contributed by atoms with van der Waals surface area (Å²) in [4.78, 5) is 0. The Morgan fingerprint density at radius 3 is 2.63 bits per heavy atom. The van der Waals surface area contributed by atoms with Gasteiger partial charge in [0.05, 0.1) is 0 Å². The van der Waals surface area contributed by atoms with Gasteiger partial charge in [0.25, 0.3) is 0 Å². The van der Waals surface area contributed by atoms with Gasteiger partial charge in [-0.15, -0.1) is 0 Å². The van der Waals surface area contributed by atoms with E-state index >= 15 is 0 Å². The first-order chi connectivity index (χ1) is 9.03. The number of benzene rings is 1. The second kappa shape index (κ2) is 4.57. The van der Waals surface area contributed by atoms with Gasteiger partial charge >= 0.3 is 0 Å². The zero-order valence-electron chi connectivity index (χ0n) is 11.6. The standard InChI is InChI=1S/C16H21NO2/c1-16(2)9-12(7-13(17)10-16)11-3-4-14-15(8-11)19-6-5-18-14/h3-4,7-8,13H,5-6,9-10,17H2,1-2H3. The molecule has 1 aromatic carbocycles. The minimum absolute atomic E-state index is 0.145. The number of fused-ring (bicyclic) bond motifs is 1. The van der Waals surface area contributed by atoms with Crippen LogP contribution in [-0.4, -0.2) is 19.3 Å². The Labute approximate surface area is 114 Å². The first-order valence-electron chi connectivity index (χ1n) is 6.90. The van der Waals surface area contributed by atoms with Gasteiger partial charge in [-0.05, 0) is 41.5 Å². The van der Waals surface area contributed by atoms with Gasteiger partial charge in [0.1, 0.15) is 13.2 Å². The molecule has 1 heterocycles. The number of ether oxygens (including phenoxy) is 2. The molecule has 102 valence electrons. The Balaban J connectivity index is 1.94. The molecule has 1 aliphatic carbocycles. The van der Waals surface area contributed by atoms with E-state index in [1.165, 1.54) is 11.1 Å². The molecule has 1 aromatic rings. The highest BCUT2D eigenvalue weighted by molar-refractivity contribution is 5.70. The second-order valence-corrected chi connectivity index (χ2v) is 6.26. The van der Waals surface area contributed by atoms with Crippen molar-refractivity contribution in [3.63, 3.8) is 0 Å². The second-order valence-electron chi connectivity index (χ2n) is 6.26. The van der Waals surface area contributed by atoms with Crippen molar-refractivity contribution in [3.8, 4) is 11.5 Å². The summed E-state index contributed by atoms with van der Waals surface area (Å²) in [6.45, 7) is 5.81. The van der Waals surface area contributed by atoms with Crippen LogP contribution in [0.25, 0.3) is 5.57 Å². The molecular weight excluding hydrogens is 238 g/mol. The van der Waals surface area contributed by atoms with Gasteiger partial charge in [0, 0.05) is 6.04 Å². The van der Waals surface area contributed by atoms with Gasteiger partial charge in [-0.1, -0.05) is 26.0 Å². The number of rotatable bonds is 1. The third-order valence-corrected chi connectivity index (χ3v) is 3.79. The molecule has 2 aliphatic rings. The van der Waals surface area contributed by atoms with E-state index in [4.69, 9.17) is 15.2 Å². The average molecular weight is 259 g/mol. The SMILES string of the molecule is CC1(C)CC(c2ccc3c(c2)OCCO3)=CC(N)C1. The van der Waals surface area contributed by atoms with E-state index in [2.05, 4.69) is 32.1 Å². The molecule has 1 unspecified atom stereocenters. The number of hydrogen-bond acceptors (Lipinski definition) is 3. The van der Waals surface area contributed by atoms with Crippen LogP contribution < -0.4 is 15.2 Å². The quantitative estimate of drug-likeness (QED) is 0.843. The van der Waals surface area contributed by atoms with Crippen LogP contribution in [0.2, 0.25) is 0 Å². The molecule has 0 saturated heterocycles. The van der Waals surface area contributed by atoms with Crippen LogP contribution in [-0.2, 0) is 0 Å². The van der Waals surface area contributed by atoms with Crippen molar-refractivity contribution in [2.75, 3.05) is 13.2 Å². The summed E-state index contributed by atoms with van der Waals surface area (Å²) in [6, 6.07) is 6.33. The van der Waals surface area contributed by atoms with Crippen molar-refractivity contribution >= 4 is 5.57 Å². The van der Waals surface area contributed by atoms with Crippen molar-refractivity contribution in [2.24, 2.45) is 11.1 Å². The van der Waals surface area contributed by atoms with E-state index < -0.39 is 0 Å². The number of allylic oxidation sites excluding steroid dienone is 1. The highest BCUT2D eigenvalue weighted by atomic mass is 16.6. The minimum atomic E-state index is 0.145. The van der Waals surface area contributed by atoms with E-state index in [-0.39, 0.29) is 11.5 Å². The molecule has 19 heavy (non-hydrogen) atoms. The van der Waals surface area contributed by atoms with E-state index in [0.717, 1.165) is 24.3 Å². The molecule has 3 heteroatoms. The lowest BCUT2D eigenvalue weighted by molar-refractivity contribution is 0.171. The highest BCUT2D eigenvalue weighted by Crippen LogP contribution is 2.41. The van der Waals surface area contributed by atoms with Crippen LogP contribution in [0.15, 0.2) is 24.3 Å². The third-order valence-electron chi connectivity index (χ3n) is 3.79. The fourth-order valence-electron chi connectivity index (χ4n) is 3.04. The first kappa shape index (κ1) is 12.5. The summed E-state index contributed by atoms with van der Waals surface area (Å²) in [5, 5.41) is 0. The lowest BCUT2D eigenvalue weighted by Gasteiger charge is -2.33. The zero-order chi connectivity index (χ0) is 13.5. The van der Waals surface area contributed by atoms with Crippen LogP contribution in [0.5, 0.6) is 11.5 Å². The summed E-state index contributed by atoms with van der Waals surface area (Å²) in [5.41, 5.74) is 8.93. The normalized spacial score (nSPS) is 24.8. The summed E-state index contributed by atoms with van der Waals surface area (Å²) < 4.78 is 11.2. The molecule has 0 fully saturated rings. The van der Waals surface area contributed by atoms with Crippen molar-refractivity contribution in [1.29, 1.82) is 0 Å². The largest absolute Gasteiger partial charge is 0.486 e. The molecule has 0 aromatic heterocycles. The van der Waals surface area contributed by atoms with Crippen LogP contribution in [0.3, 0.4) is 0 Å². The zero-order valence-corrected chi connectivity index (χ0v) is 11.6. The van der Waals surface area contributed by atoms with Gasteiger partial charge in [-0.25, -0.2) is 0 Å². The molecule has 3 nitrogen and oxygen atoms in total. The van der Waals surface area contributed by atoms with Crippen LogP contribution in [0.1, 0.15) is 32.3 Å². The molecule has 0 amide bonds. The minimum Gasteiger partial charge on any atom is -0.486 e. The van der Waals surface area contributed by atoms with Gasteiger partial charge < -0.3 is 15.2 Å². The maximum absolute atomic E-state index is 6.14. The highest BCUT2D eigenvalue weighted by Gasteiger charge is 2.28. The van der Waals surface area contributed by atoms with Crippen molar-refractivity contribution < 1.29 is 9.47 Å². The third kappa shape index (κ3) is 2.61. The van der Waals surface area contributed by atoms with Gasteiger partial charge in [0.2, 0.25) is 0 Å². The molecule has 3 rings (SSSR count). The van der Waals surface area contributed by atoms with E-state index in [0.29, 0.717) is 13.2 Å². The van der Waals surface area contributed by atoms with Crippen molar-refractivity contribution in [2.45, 2.75) is 32.7 Å². The molecule has 0 radical (unpaired) electrons. The Morgan fingerprint density at radius 1 is 1.16 bits per heavy atom. The Hall–Kier alpha value is -1.48. The molecule has 1 aliphatic heterocycles. The lowest BCUT2D eigenvalue weighted by Crippen LogP contribution is -2.30. The van der Waals surface area contributed by atoms with Gasteiger partial charge in [0.15, 0.2) is 11.5 Å². The van der Waals surface area contributed by atoms with E-state index in [9.17, 15) is 0 Å². The summed E-state index contributed by atoms with van der Waals surface area (Å²) in [7, 11) is 0. The predicted molar refractivity (Wildman–Crippen MR) is 76.4 cm³/mol. The van der Waals surface area contributed by atoms with Gasteiger partial charge in [-0.2, -0.15) is 0 Å². The van der Waals surface area contributed by atoms with Crippen LogP contribution in [0, 0.1) is 5.41 Å².